The van der Waals surface area contributed by atoms with E-state index in [1.165, 1.54) is 11.5 Å². The molecule has 2 N–H and O–H groups in total. The van der Waals surface area contributed by atoms with Gasteiger partial charge in [0.05, 0.1) is 5.69 Å². The monoisotopic (exact) mass is 215 g/mol. The molecular formula is C10H18ClN3. The van der Waals surface area contributed by atoms with Crippen molar-refractivity contribution in [1.82, 2.24) is 9.55 Å². The smallest absolute Gasteiger partial charge is 0.110 e. The van der Waals surface area contributed by atoms with Crippen molar-refractivity contribution in [3.63, 3.8) is 0 Å². The molecule has 0 saturated carbocycles. The zero-order valence-corrected chi connectivity index (χ0v) is 9.55. The van der Waals surface area contributed by atoms with E-state index in [0.29, 0.717) is 12.0 Å². The van der Waals surface area contributed by atoms with Crippen LogP contribution >= 0.6 is 12.4 Å². The molecule has 1 aliphatic heterocycles. The predicted molar refractivity (Wildman–Crippen MR) is 59.9 cm³/mol. The third kappa shape index (κ3) is 2.10. The van der Waals surface area contributed by atoms with Crippen molar-refractivity contribution in [2.45, 2.75) is 45.2 Å². The zero-order valence-electron chi connectivity index (χ0n) is 8.73. The number of nitrogens with two attached hydrogens (primary N) is 1. The molecule has 0 amide bonds. The summed E-state index contributed by atoms with van der Waals surface area (Å²) >= 11 is 0. The number of nitrogens with zero attached hydrogens (tertiary/aromatic N) is 2. The third-order valence-electron chi connectivity index (χ3n) is 2.65. The zero-order chi connectivity index (χ0) is 9.42. The minimum Gasteiger partial charge on any atom is -0.335 e. The Hall–Kier alpha value is -0.540. The number of aromatic nitrogens is 2. The highest BCUT2D eigenvalue weighted by atomic mass is 35.5. The molecule has 1 aliphatic rings. The van der Waals surface area contributed by atoms with Gasteiger partial charge in [-0.15, -0.1) is 12.4 Å². The van der Waals surface area contributed by atoms with Gasteiger partial charge in [-0.05, 0) is 12.3 Å². The van der Waals surface area contributed by atoms with E-state index in [1.807, 2.05) is 0 Å². The van der Waals surface area contributed by atoms with Gasteiger partial charge in [-0.2, -0.15) is 0 Å². The van der Waals surface area contributed by atoms with Crippen LogP contribution in [0.25, 0.3) is 0 Å². The van der Waals surface area contributed by atoms with Crippen LogP contribution in [-0.2, 0) is 13.0 Å². The lowest BCUT2D eigenvalue weighted by atomic mass is 10.1. The maximum atomic E-state index is 5.88. The van der Waals surface area contributed by atoms with Crippen LogP contribution in [0.4, 0.5) is 0 Å². The molecule has 0 aromatic carbocycles. The van der Waals surface area contributed by atoms with Crippen molar-refractivity contribution < 1.29 is 0 Å². The lowest BCUT2D eigenvalue weighted by molar-refractivity contribution is 0.463. The van der Waals surface area contributed by atoms with Crippen molar-refractivity contribution in [3.8, 4) is 0 Å². The van der Waals surface area contributed by atoms with Crippen molar-refractivity contribution in [3.05, 3.63) is 17.7 Å². The van der Waals surface area contributed by atoms with Crippen LogP contribution in [0.1, 0.15) is 37.7 Å². The van der Waals surface area contributed by atoms with E-state index < -0.39 is 0 Å². The number of aryl methyl sites for hydroxylation is 1. The van der Waals surface area contributed by atoms with E-state index in [-0.39, 0.29) is 12.4 Å². The quantitative estimate of drug-likeness (QED) is 0.775. The molecular weight excluding hydrogens is 198 g/mol. The molecule has 0 aliphatic carbocycles. The minimum absolute atomic E-state index is 0. The summed E-state index contributed by atoms with van der Waals surface area (Å²) in [6, 6.07) is 0.315. The highest BCUT2D eigenvalue weighted by Crippen LogP contribution is 2.18. The summed E-state index contributed by atoms with van der Waals surface area (Å²) in [5.41, 5.74) is 7.08. The summed E-state index contributed by atoms with van der Waals surface area (Å²) in [4.78, 5) is 4.58. The third-order valence-corrected chi connectivity index (χ3v) is 2.65. The molecule has 2 heterocycles. The largest absolute Gasteiger partial charge is 0.335 e. The maximum Gasteiger partial charge on any atom is 0.110 e. The van der Waals surface area contributed by atoms with Gasteiger partial charge in [-0.1, -0.05) is 13.8 Å². The Morgan fingerprint density at radius 3 is 2.93 bits per heavy atom. The van der Waals surface area contributed by atoms with Gasteiger partial charge < -0.3 is 10.3 Å². The first-order chi connectivity index (χ1) is 6.16. The number of hydrogen-bond acceptors (Lipinski definition) is 2. The first-order valence-electron chi connectivity index (χ1n) is 4.98. The van der Waals surface area contributed by atoms with Gasteiger partial charge in [0, 0.05) is 25.2 Å². The van der Waals surface area contributed by atoms with Crippen molar-refractivity contribution in [2.75, 3.05) is 0 Å². The van der Waals surface area contributed by atoms with E-state index in [4.69, 9.17) is 5.73 Å². The van der Waals surface area contributed by atoms with E-state index in [1.54, 1.807) is 0 Å². The average molecular weight is 216 g/mol. The molecule has 1 aromatic heterocycles. The topological polar surface area (TPSA) is 43.8 Å². The molecule has 1 atom stereocenters. The number of fused-ring (bicyclic) bond motifs is 1. The average Bonchev–Trinajstić information content (AvgIpc) is 2.46. The summed E-state index contributed by atoms with van der Waals surface area (Å²) in [5.74, 6) is 1.69. The molecule has 14 heavy (non-hydrogen) atoms. The number of halogens is 1. The van der Waals surface area contributed by atoms with Crippen LogP contribution in [-0.4, -0.2) is 15.6 Å². The molecule has 0 bridgehead atoms. The number of imidazole rings is 1. The normalized spacial score (nSPS) is 20.4. The summed E-state index contributed by atoms with van der Waals surface area (Å²) in [6.07, 6.45) is 4.19. The van der Waals surface area contributed by atoms with Gasteiger partial charge in [0.1, 0.15) is 5.82 Å². The van der Waals surface area contributed by atoms with Gasteiger partial charge in [0.2, 0.25) is 0 Å². The van der Waals surface area contributed by atoms with Crippen LogP contribution < -0.4 is 5.73 Å². The van der Waals surface area contributed by atoms with E-state index in [2.05, 4.69) is 29.6 Å². The van der Waals surface area contributed by atoms with Crippen LogP contribution in [0.2, 0.25) is 0 Å². The molecule has 80 valence electrons. The van der Waals surface area contributed by atoms with Crippen molar-refractivity contribution in [2.24, 2.45) is 5.73 Å². The Labute approximate surface area is 91.1 Å². The Balaban J connectivity index is 0.000000980. The Morgan fingerprint density at radius 1 is 1.57 bits per heavy atom. The lowest BCUT2D eigenvalue weighted by Gasteiger charge is -2.18. The van der Waals surface area contributed by atoms with Crippen LogP contribution in [0.3, 0.4) is 0 Å². The van der Waals surface area contributed by atoms with Crippen molar-refractivity contribution in [1.29, 1.82) is 0 Å². The Bertz CT molecular complexity index is 306. The van der Waals surface area contributed by atoms with Crippen LogP contribution in [0.15, 0.2) is 6.20 Å². The summed E-state index contributed by atoms with van der Waals surface area (Å²) < 4.78 is 2.25. The van der Waals surface area contributed by atoms with Crippen LogP contribution in [0.5, 0.6) is 0 Å². The number of hydrogen-bond donors (Lipinski definition) is 1. The summed E-state index contributed by atoms with van der Waals surface area (Å²) in [6.45, 7) is 5.39. The fourth-order valence-electron chi connectivity index (χ4n) is 1.75. The van der Waals surface area contributed by atoms with Crippen molar-refractivity contribution >= 4 is 12.4 Å². The molecule has 4 heteroatoms. The molecule has 1 aromatic rings. The summed E-state index contributed by atoms with van der Waals surface area (Å²) in [5, 5.41) is 0. The minimum atomic E-state index is 0. The predicted octanol–water partition coefficient (Wildman–Crippen LogP) is 1.70. The highest BCUT2D eigenvalue weighted by molar-refractivity contribution is 5.85. The molecule has 0 radical (unpaired) electrons. The molecule has 2 rings (SSSR count). The molecule has 0 spiro atoms. The fraction of sp³-hybridized carbons (Fsp3) is 0.700. The Kier molecular flexibility index (Phi) is 3.56. The molecule has 1 unspecified atom stereocenters. The van der Waals surface area contributed by atoms with E-state index >= 15 is 0 Å². The Morgan fingerprint density at radius 2 is 2.29 bits per heavy atom. The highest BCUT2D eigenvalue weighted by Gasteiger charge is 2.18. The standard InChI is InChI=1S/C10H17N3.ClH/c1-7(2)9-6-13-4-3-8(11)5-10(13)12-9;/h6-8H,3-5,11H2,1-2H3;1H. The first-order valence-corrected chi connectivity index (χ1v) is 4.98. The van der Waals surface area contributed by atoms with Gasteiger partial charge in [-0.25, -0.2) is 4.98 Å². The van der Waals surface area contributed by atoms with Gasteiger partial charge in [0.15, 0.2) is 0 Å². The first kappa shape index (κ1) is 11.5. The van der Waals surface area contributed by atoms with Crippen LogP contribution in [0, 0.1) is 0 Å². The molecule has 3 nitrogen and oxygen atoms in total. The molecule has 0 saturated heterocycles. The second-order valence-corrected chi connectivity index (χ2v) is 4.18. The lowest BCUT2D eigenvalue weighted by Crippen LogP contribution is -2.30. The van der Waals surface area contributed by atoms with E-state index in [0.717, 1.165) is 19.4 Å². The fourth-order valence-corrected chi connectivity index (χ4v) is 1.75. The summed E-state index contributed by atoms with van der Waals surface area (Å²) in [7, 11) is 0. The second kappa shape index (κ2) is 4.32. The SMILES string of the molecule is CC(C)c1cn2c(n1)CC(N)CC2.Cl. The van der Waals surface area contributed by atoms with Gasteiger partial charge in [0.25, 0.3) is 0 Å². The van der Waals surface area contributed by atoms with Gasteiger partial charge >= 0.3 is 0 Å². The maximum absolute atomic E-state index is 5.88. The number of rotatable bonds is 1. The molecule has 0 fully saturated rings. The van der Waals surface area contributed by atoms with E-state index in [9.17, 15) is 0 Å². The van der Waals surface area contributed by atoms with Gasteiger partial charge in [-0.3, -0.25) is 0 Å². The second-order valence-electron chi connectivity index (χ2n) is 4.18.